The fourth-order valence-electron chi connectivity index (χ4n) is 0.356. The Bertz CT molecular complexity index is 122. The molecule has 0 bridgehead atoms. The summed E-state index contributed by atoms with van der Waals surface area (Å²) in [5, 5.41) is 23.9. The molecular formula is C6H13O5+. The second-order valence-corrected chi connectivity index (χ2v) is 2.19. The van der Waals surface area contributed by atoms with Crippen molar-refractivity contribution in [3.8, 4) is 0 Å². The molecule has 0 fully saturated rings. The second-order valence-electron chi connectivity index (χ2n) is 2.19. The highest BCUT2D eigenvalue weighted by molar-refractivity contribution is 5.73. The van der Waals surface area contributed by atoms with Crippen LogP contribution >= 0.6 is 0 Å². The zero-order valence-corrected chi connectivity index (χ0v) is 6.28. The number of ether oxygens (including phenoxy) is 1. The van der Waals surface area contributed by atoms with Gasteiger partial charge in [0.1, 0.15) is 12.7 Å². The van der Waals surface area contributed by atoms with Crippen LogP contribution in [0.3, 0.4) is 0 Å². The van der Waals surface area contributed by atoms with Gasteiger partial charge in [0.25, 0.3) is 0 Å². The minimum Gasteiger partial charge on any atom is -0.457 e. The molecule has 0 saturated carbocycles. The molecule has 2 atom stereocenters. The topological polar surface area (TPSA) is 89.7 Å². The molecule has 0 heterocycles. The first-order valence-electron chi connectivity index (χ1n) is 3.24. The number of aliphatic hydroxyl groups is 2. The zero-order chi connectivity index (χ0) is 8.85. The van der Waals surface area contributed by atoms with Gasteiger partial charge in [0, 0.05) is 6.92 Å². The molecule has 0 amide bonds. The van der Waals surface area contributed by atoms with Crippen LogP contribution in [0, 0.1) is 0 Å². The molecule has 0 rings (SSSR count). The van der Waals surface area contributed by atoms with Crippen molar-refractivity contribution in [3.05, 3.63) is 0 Å². The van der Waals surface area contributed by atoms with Gasteiger partial charge in [-0.05, 0) is 0 Å². The van der Waals surface area contributed by atoms with E-state index in [1.807, 2.05) is 0 Å². The molecule has 0 aromatic rings. The van der Waals surface area contributed by atoms with Gasteiger partial charge in [-0.2, -0.15) is 0 Å². The van der Waals surface area contributed by atoms with E-state index in [4.69, 9.17) is 15.3 Å². The predicted molar refractivity (Wildman–Crippen MR) is 37.1 cm³/mol. The molecule has 2 unspecified atom stereocenters. The first kappa shape index (κ1) is 10.3. The monoisotopic (exact) mass is 165 g/mol. The summed E-state index contributed by atoms with van der Waals surface area (Å²) in [5.74, 6) is -0.697. The summed E-state index contributed by atoms with van der Waals surface area (Å²) in [6.45, 7) is 0.672. The maximum absolute atomic E-state index is 10.6. The van der Waals surface area contributed by atoms with Crippen molar-refractivity contribution in [3.63, 3.8) is 0 Å². The van der Waals surface area contributed by atoms with E-state index in [1.54, 1.807) is 0 Å². The second kappa shape index (κ2) is 5.06. The van der Waals surface area contributed by atoms with E-state index in [9.17, 15) is 4.79 Å². The zero-order valence-electron chi connectivity index (χ0n) is 6.28. The average molecular weight is 165 g/mol. The fourth-order valence-corrected chi connectivity index (χ4v) is 0.356. The number of carbonyl (C=O) groups excluding carboxylic acids is 1. The number of carbonyl (C=O) groups is 1. The predicted octanol–water partition coefficient (Wildman–Crippen LogP) is -2.00. The third-order valence-corrected chi connectivity index (χ3v) is 0.982. The van der Waals surface area contributed by atoms with E-state index < -0.39 is 24.8 Å². The van der Waals surface area contributed by atoms with Crippen LogP contribution in [0.5, 0.6) is 0 Å². The molecule has 4 N–H and O–H groups in total. The van der Waals surface area contributed by atoms with Gasteiger partial charge in [0.15, 0.2) is 0 Å². The summed E-state index contributed by atoms with van der Waals surface area (Å²) in [5.41, 5.74) is 0. The number of hydrogen-bond donors (Lipinski definition) is 2. The Morgan fingerprint density at radius 2 is 2.27 bits per heavy atom. The SMILES string of the molecule is CC([OH2+])C(=O)OCC(O)CO. The molecule has 0 saturated heterocycles. The Morgan fingerprint density at radius 3 is 2.64 bits per heavy atom. The fraction of sp³-hybridized carbons (Fsp3) is 0.833. The molecule has 0 aromatic heterocycles. The van der Waals surface area contributed by atoms with Crippen LogP contribution in [0.15, 0.2) is 0 Å². The maximum Gasteiger partial charge on any atom is 0.386 e. The molecule has 5 nitrogen and oxygen atoms in total. The summed E-state index contributed by atoms with van der Waals surface area (Å²) in [7, 11) is 0. The van der Waals surface area contributed by atoms with Crippen molar-refractivity contribution in [1.82, 2.24) is 0 Å². The minimum absolute atomic E-state index is 0.251. The largest absolute Gasteiger partial charge is 0.457 e. The lowest BCUT2D eigenvalue weighted by Crippen LogP contribution is -2.26. The lowest BCUT2D eigenvalue weighted by molar-refractivity contribution is -0.156. The Morgan fingerprint density at radius 1 is 1.73 bits per heavy atom. The molecule has 5 heteroatoms. The quantitative estimate of drug-likeness (QED) is 0.372. The van der Waals surface area contributed by atoms with Crippen LogP contribution in [-0.4, -0.2) is 46.7 Å². The van der Waals surface area contributed by atoms with Gasteiger partial charge >= 0.3 is 5.97 Å². The van der Waals surface area contributed by atoms with Crippen molar-refractivity contribution < 1.29 is 24.9 Å². The van der Waals surface area contributed by atoms with Gasteiger partial charge in [0.2, 0.25) is 6.10 Å². The average Bonchev–Trinajstić information content (AvgIpc) is 1.99. The van der Waals surface area contributed by atoms with E-state index in [0.717, 1.165) is 0 Å². The Hall–Kier alpha value is -0.650. The van der Waals surface area contributed by atoms with Gasteiger partial charge < -0.3 is 20.1 Å². The van der Waals surface area contributed by atoms with Crippen molar-refractivity contribution in [2.45, 2.75) is 19.1 Å². The van der Waals surface area contributed by atoms with Crippen LogP contribution in [0.2, 0.25) is 0 Å². The third kappa shape index (κ3) is 4.72. The minimum atomic E-state index is -1.04. The van der Waals surface area contributed by atoms with Gasteiger partial charge in [-0.3, -0.25) is 0 Å². The standard InChI is InChI=1S/C6H12O5/c1-4(8)6(10)11-3-5(9)2-7/h4-5,7-9H,2-3H2,1H3/p+1. The maximum atomic E-state index is 10.6. The van der Waals surface area contributed by atoms with Crippen molar-refractivity contribution in [2.24, 2.45) is 0 Å². The summed E-state index contributed by atoms with van der Waals surface area (Å²) >= 11 is 0. The van der Waals surface area contributed by atoms with Crippen molar-refractivity contribution >= 4 is 5.97 Å². The molecule has 11 heavy (non-hydrogen) atoms. The Labute approximate surface area is 64.2 Å². The molecule has 66 valence electrons. The lowest BCUT2D eigenvalue weighted by Gasteiger charge is -2.07. The van der Waals surface area contributed by atoms with Gasteiger partial charge in [-0.1, -0.05) is 0 Å². The van der Waals surface area contributed by atoms with Crippen LogP contribution < -0.4 is 0 Å². The molecule has 0 aliphatic carbocycles. The number of esters is 1. The molecule has 0 aliphatic rings. The number of rotatable bonds is 4. The van der Waals surface area contributed by atoms with E-state index in [0.29, 0.717) is 0 Å². The van der Waals surface area contributed by atoms with E-state index in [2.05, 4.69) is 4.74 Å². The van der Waals surface area contributed by atoms with Crippen LogP contribution in [0.1, 0.15) is 6.92 Å². The van der Waals surface area contributed by atoms with Crippen LogP contribution in [-0.2, 0) is 9.53 Å². The molecule has 0 spiro atoms. The summed E-state index contributed by atoms with van der Waals surface area (Å²) in [6.07, 6.45) is -1.99. The van der Waals surface area contributed by atoms with Gasteiger partial charge in [-0.15, -0.1) is 0 Å². The Kier molecular flexibility index (Phi) is 4.76. The Balaban J connectivity index is 3.46. The van der Waals surface area contributed by atoms with E-state index in [1.165, 1.54) is 6.92 Å². The summed E-state index contributed by atoms with van der Waals surface area (Å²) in [4.78, 5) is 10.6. The van der Waals surface area contributed by atoms with Crippen LogP contribution in [0.4, 0.5) is 0 Å². The third-order valence-electron chi connectivity index (χ3n) is 0.982. The molecule has 0 radical (unpaired) electrons. The number of aliphatic hydroxyl groups excluding tert-OH is 2. The van der Waals surface area contributed by atoms with Gasteiger partial charge in [-0.25, -0.2) is 4.79 Å². The van der Waals surface area contributed by atoms with Crippen molar-refractivity contribution in [2.75, 3.05) is 13.2 Å². The first-order chi connectivity index (χ1) is 5.07. The van der Waals surface area contributed by atoms with Crippen molar-refractivity contribution in [1.29, 1.82) is 0 Å². The smallest absolute Gasteiger partial charge is 0.386 e. The van der Waals surface area contributed by atoms with E-state index >= 15 is 0 Å². The van der Waals surface area contributed by atoms with Crippen LogP contribution in [0.25, 0.3) is 0 Å². The first-order valence-corrected chi connectivity index (χ1v) is 3.24. The summed E-state index contributed by atoms with van der Waals surface area (Å²) in [6, 6.07) is 0. The highest BCUT2D eigenvalue weighted by Crippen LogP contribution is 1.89. The summed E-state index contributed by atoms with van der Waals surface area (Å²) < 4.78 is 4.42. The number of hydrogen-bond acceptors (Lipinski definition) is 4. The highest BCUT2D eigenvalue weighted by Gasteiger charge is 2.15. The van der Waals surface area contributed by atoms with E-state index in [-0.39, 0.29) is 6.61 Å². The lowest BCUT2D eigenvalue weighted by atomic mass is 10.4. The van der Waals surface area contributed by atoms with Gasteiger partial charge in [0.05, 0.1) is 6.61 Å². The highest BCUT2D eigenvalue weighted by atomic mass is 16.6. The molecule has 0 aromatic carbocycles. The molecule has 0 aliphatic heterocycles. The normalized spacial score (nSPS) is 15.6. The molecular weight excluding hydrogens is 152 g/mol.